The van der Waals surface area contributed by atoms with Crippen LogP contribution >= 0.6 is 0 Å². The molecule has 136 valence electrons. The predicted molar refractivity (Wildman–Crippen MR) is 86.6 cm³/mol. The first-order chi connectivity index (χ1) is 12.0. The SMILES string of the molecule is O=S(=O)(O)c1ccc2cc(Nc3ncnc(F)n3)cc(S(=O)(=O)O)c2c1. The Hall–Kier alpha value is -2.74. The Balaban J connectivity index is 2.22. The van der Waals surface area contributed by atoms with Crippen molar-refractivity contribution in [3.8, 4) is 0 Å². The van der Waals surface area contributed by atoms with E-state index in [1.807, 2.05) is 0 Å². The van der Waals surface area contributed by atoms with Crippen molar-refractivity contribution in [3.63, 3.8) is 0 Å². The lowest BCUT2D eigenvalue weighted by Crippen LogP contribution is -2.04. The molecule has 10 nitrogen and oxygen atoms in total. The van der Waals surface area contributed by atoms with Gasteiger partial charge in [0, 0.05) is 11.1 Å². The molecule has 0 aliphatic rings. The van der Waals surface area contributed by atoms with E-state index in [2.05, 4.69) is 20.3 Å². The number of nitrogens with one attached hydrogen (secondary N) is 1. The van der Waals surface area contributed by atoms with Crippen LogP contribution in [0.5, 0.6) is 0 Å². The van der Waals surface area contributed by atoms with Gasteiger partial charge in [0.25, 0.3) is 20.2 Å². The van der Waals surface area contributed by atoms with Gasteiger partial charge in [-0.25, -0.2) is 4.98 Å². The highest BCUT2D eigenvalue weighted by Crippen LogP contribution is 2.30. The standard InChI is InChI=1S/C13H9FN4O6S2/c14-12-15-6-16-13(18-12)17-8-3-7-1-2-9(25(19,20)21)5-10(7)11(4-8)26(22,23)24/h1-6H,(H,19,20,21)(H,22,23,24)(H,15,16,17,18). The van der Waals surface area contributed by atoms with Crippen LogP contribution in [0.25, 0.3) is 10.8 Å². The summed E-state index contributed by atoms with van der Waals surface area (Å²) in [5, 5.41) is 2.62. The predicted octanol–water partition coefficient (Wildman–Crippen LogP) is 1.40. The number of hydrogen-bond donors (Lipinski definition) is 3. The van der Waals surface area contributed by atoms with Gasteiger partial charge in [0.15, 0.2) is 0 Å². The fourth-order valence-corrected chi connectivity index (χ4v) is 3.45. The minimum Gasteiger partial charge on any atom is -0.324 e. The van der Waals surface area contributed by atoms with Crippen LogP contribution in [-0.2, 0) is 20.2 Å². The van der Waals surface area contributed by atoms with Crippen molar-refractivity contribution in [2.75, 3.05) is 5.32 Å². The van der Waals surface area contributed by atoms with Crippen molar-refractivity contribution < 1.29 is 30.3 Å². The molecule has 3 aromatic rings. The van der Waals surface area contributed by atoms with Gasteiger partial charge in [-0.15, -0.1) is 0 Å². The van der Waals surface area contributed by atoms with Crippen molar-refractivity contribution in [2.45, 2.75) is 9.79 Å². The highest BCUT2D eigenvalue weighted by atomic mass is 32.2. The van der Waals surface area contributed by atoms with Crippen LogP contribution in [0.3, 0.4) is 0 Å². The molecule has 0 radical (unpaired) electrons. The molecule has 0 amide bonds. The highest BCUT2D eigenvalue weighted by molar-refractivity contribution is 7.86. The van der Waals surface area contributed by atoms with E-state index in [0.717, 1.165) is 24.5 Å². The number of benzene rings is 2. The average Bonchev–Trinajstić information content (AvgIpc) is 2.52. The van der Waals surface area contributed by atoms with Crippen LogP contribution in [0.15, 0.2) is 46.5 Å². The Morgan fingerprint density at radius 2 is 1.69 bits per heavy atom. The van der Waals surface area contributed by atoms with Gasteiger partial charge in [-0.05, 0) is 29.7 Å². The number of nitrogens with zero attached hydrogens (tertiary/aromatic N) is 3. The molecule has 1 aromatic heterocycles. The van der Waals surface area contributed by atoms with Gasteiger partial charge in [0.1, 0.15) is 11.2 Å². The third-order valence-electron chi connectivity index (χ3n) is 3.26. The van der Waals surface area contributed by atoms with Gasteiger partial charge in [0.05, 0.1) is 4.90 Å². The van der Waals surface area contributed by atoms with Crippen molar-refractivity contribution >= 4 is 42.6 Å². The largest absolute Gasteiger partial charge is 0.324 e. The molecule has 0 unspecified atom stereocenters. The lowest BCUT2D eigenvalue weighted by atomic mass is 10.1. The van der Waals surface area contributed by atoms with Crippen molar-refractivity contribution in [2.24, 2.45) is 0 Å². The van der Waals surface area contributed by atoms with E-state index >= 15 is 0 Å². The number of anilines is 2. The Morgan fingerprint density at radius 1 is 0.962 bits per heavy atom. The summed E-state index contributed by atoms with van der Waals surface area (Å²) >= 11 is 0. The van der Waals surface area contributed by atoms with E-state index in [1.165, 1.54) is 12.1 Å². The molecular formula is C13H9FN4O6S2. The quantitative estimate of drug-likeness (QED) is 0.546. The molecule has 0 saturated carbocycles. The molecule has 0 aliphatic heterocycles. The molecule has 1 heterocycles. The van der Waals surface area contributed by atoms with E-state index < -0.39 is 36.1 Å². The topological polar surface area (TPSA) is 159 Å². The van der Waals surface area contributed by atoms with Gasteiger partial charge >= 0.3 is 6.08 Å². The van der Waals surface area contributed by atoms with E-state index in [1.54, 1.807) is 0 Å². The third-order valence-corrected chi connectivity index (χ3v) is 5.01. The molecule has 13 heteroatoms. The lowest BCUT2D eigenvalue weighted by molar-refractivity contribution is 0.480. The molecule has 2 aromatic carbocycles. The van der Waals surface area contributed by atoms with Crippen LogP contribution in [-0.4, -0.2) is 40.9 Å². The molecular weight excluding hydrogens is 391 g/mol. The maximum Gasteiger partial charge on any atom is 0.313 e. The Bertz CT molecular complexity index is 1230. The Kier molecular flexibility index (Phi) is 4.31. The minimum absolute atomic E-state index is 0.0790. The summed E-state index contributed by atoms with van der Waals surface area (Å²) in [4.78, 5) is 9.02. The zero-order valence-electron chi connectivity index (χ0n) is 12.5. The molecule has 0 atom stereocenters. The lowest BCUT2D eigenvalue weighted by Gasteiger charge is -2.10. The Labute approximate surface area is 146 Å². The van der Waals surface area contributed by atoms with Gasteiger partial charge in [-0.2, -0.15) is 31.2 Å². The highest BCUT2D eigenvalue weighted by Gasteiger charge is 2.19. The van der Waals surface area contributed by atoms with Gasteiger partial charge < -0.3 is 5.32 Å². The van der Waals surface area contributed by atoms with Gasteiger partial charge in [0.2, 0.25) is 5.95 Å². The van der Waals surface area contributed by atoms with Crippen LogP contribution in [0.2, 0.25) is 0 Å². The van der Waals surface area contributed by atoms with E-state index in [-0.39, 0.29) is 22.4 Å². The second kappa shape index (κ2) is 6.21. The third kappa shape index (κ3) is 3.75. The number of halogens is 1. The number of rotatable bonds is 4. The smallest absolute Gasteiger partial charge is 0.313 e. The Morgan fingerprint density at radius 3 is 2.31 bits per heavy atom. The minimum atomic E-state index is -4.76. The second-order valence-electron chi connectivity index (χ2n) is 5.01. The molecule has 0 fully saturated rings. The zero-order chi connectivity index (χ0) is 19.1. The van der Waals surface area contributed by atoms with Gasteiger partial charge in [-0.1, -0.05) is 6.07 Å². The van der Waals surface area contributed by atoms with Gasteiger partial charge in [-0.3, -0.25) is 9.11 Å². The van der Waals surface area contributed by atoms with Crippen molar-refractivity contribution in [1.29, 1.82) is 0 Å². The van der Waals surface area contributed by atoms with Crippen LogP contribution in [0.1, 0.15) is 0 Å². The summed E-state index contributed by atoms with van der Waals surface area (Å²) in [6, 6.07) is 5.55. The summed E-state index contributed by atoms with van der Waals surface area (Å²) < 4.78 is 77.4. The first-order valence-electron chi connectivity index (χ1n) is 6.68. The average molecular weight is 400 g/mol. The second-order valence-corrected chi connectivity index (χ2v) is 7.82. The van der Waals surface area contributed by atoms with Crippen molar-refractivity contribution in [3.05, 3.63) is 42.7 Å². The monoisotopic (exact) mass is 400 g/mol. The normalized spacial score (nSPS) is 12.3. The molecule has 26 heavy (non-hydrogen) atoms. The van der Waals surface area contributed by atoms with E-state index in [9.17, 15) is 25.8 Å². The summed E-state index contributed by atoms with van der Waals surface area (Å²) in [5.74, 6) is -0.215. The maximum absolute atomic E-state index is 13.0. The van der Waals surface area contributed by atoms with Crippen molar-refractivity contribution in [1.82, 2.24) is 15.0 Å². The number of fused-ring (bicyclic) bond motifs is 1. The fraction of sp³-hybridized carbons (Fsp3) is 0. The number of hydrogen-bond acceptors (Lipinski definition) is 8. The van der Waals surface area contributed by atoms with Crippen LogP contribution in [0.4, 0.5) is 16.0 Å². The first kappa shape index (κ1) is 18.1. The maximum atomic E-state index is 13.0. The van der Waals surface area contributed by atoms with E-state index in [0.29, 0.717) is 0 Å². The zero-order valence-corrected chi connectivity index (χ0v) is 14.2. The van der Waals surface area contributed by atoms with E-state index in [4.69, 9.17) is 4.55 Å². The van der Waals surface area contributed by atoms with Crippen LogP contribution < -0.4 is 5.32 Å². The molecule has 3 rings (SSSR count). The first-order valence-corrected chi connectivity index (χ1v) is 9.56. The van der Waals surface area contributed by atoms with Crippen LogP contribution in [0, 0.1) is 6.08 Å². The summed E-state index contributed by atoms with van der Waals surface area (Å²) in [7, 11) is -9.34. The summed E-state index contributed by atoms with van der Waals surface area (Å²) in [5.41, 5.74) is 0.0790. The fourth-order valence-electron chi connectivity index (χ4n) is 2.21. The number of aromatic nitrogens is 3. The molecule has 3 N–H and O–H groups in total. The molecule has 0 aliphatic carbocycles. The molecule has 0 bridgehead atoms. The molecule has 0 spiro atoms. The molecule has 0 saturated heterocycles. The summed E-state index contributed by atoms with van der Waals surface area (Å²) in [6.45, 7) is 0. The summed E-state index contributed by atoms with van der Waals surface area (Å²) in [6.07, 6.45) is -0.163.